The van der Waals surface area contributed by atoms with Crippen molar-refractivity contribution in [2.45, 2.75) is 19.8 Å². The number of methoxy groups -OCH3 is 1. The number of nitrogens with zero attached hydrogens (tertiary/aromatic N) is 1. The second kappa shape index (κ2) is 6.93. The fourth-order valence-corrected chi connectivity index (χ4v) is 4.83. The summed E-state index contributed by atoms with van der Waals surface area (Å²) >= 11 is 0. The molecule has 0 unspecified atom stereocenters. The Kier molecular flexibility index (Phi) is 5.37. The van der Waals surface area contributed by atoms with Crippen LogP contribution in [0.25, 0.3) is 0 Å². The maximum atomic E-state index is 12.1. The molecular weight excluding hydrogens is 342 g/mol. The number of nitrogens with one attached hydrogen (secondary N) is 2. The van der Waals surface area contributed by atoms with Crippen molar-refractivity contribution in [1.82, 2.24) is 4.72 Å². The van der Waals surface area contributed by atoms with Gasteiger partial charge in [0.15, 0.2) is 0 Å². The molecule has 2 rings (SSSR count). The molecule has 1 heterocycles. The molecule has 0 saturated carbocycles. The first kappa shape index (κ1) is 17.8. The van der Waals surface area contributed by atoms with Crippen LogP contribution in [0.3, 0.4) is 0 Å². The lowest BCUT2D eigenvalue weighted by molar-refractivity contribution is 0.415. The summed E-state index contributed by atoms with van der Waals surface area (Å²) < 4.78 is 59.2. The number of ether oxygens (including phenoxy) is 1. The van der Waals surface area contributed by atoms with E-state index in [1.165, 1.54) is 23.5 Å². The van der Waals surface area contributed by atoms with E-state index in [-0.39, 0.29) is 11.4 Å². The molecule has 10 heteroatoms. The first-order valence-electron chi connectivity index (χ1n) is 7.25. The number of hydrogen-bond acceptors (Lipinski definition) is 5. The van der Waals surface area contributed by atoms with Gasteiger partial charge >= 0.3 is 0 Å². The lowest BCUT2D eigenvalue weighted by atomic mass is 10.2. The number of rotatable bonds is 7. The fraction of sp³-hybridized carbons (Fsp3) is 0.538. The third-order valence-corrected chi connectivity index (χ3v) is 6.29. The van der Waals surface area contributed by atoms with E-state index in [0.29, 0.717) is 37.4 Å². The van der Waals surface area contributed by atoms with Gasteiger partial charge in [-0.05, 0) is 31.0 Å². The molecule has 130 valence electrons. The molecule has 0 atom stereocenters. The zero-order valence-corrected chi connectivity index (χ0v) is 14.7. The summed E-state index contributed by atoms with van der Waals surface area (Å²) in [5.74, 6) is 0.449. The van der Waals surface area contributed by atoms with E-state index in [1.807, 2.05) is 6.92 Å². The molecule has 1 aromatic rings. The van der Waals surface area contributed by atoms with Crippen LogP contribution < -0.4 is 18.5 Å². The Balaban J connectivity index is 2.33. The maximum absolute atomic E-state index is 12.1. The topological polar surface area (TPSA) is 105 Å². The van der Waals surface area contributed by atoms with E-state index in [1.54, 1.807) is 6.07 Å². The lowest BCUT2D eigenvalue weighted by Crippen LogP contribution is -2.31. The number of anilines is 2. The summed E-state index contributed by atoms with van der Waals surface area (Å²) in [6, 6.07) is 4.53. The van der Waals surface area contributed by atoms with Gasteiger partial charge in [0, 0.05) is 13.1 Å². The zero-order valence-electron chi connectivity index (χ0n) is 13.1. The Bertz CT molecular complexity index is 762. The first-order chi connectivity index (χ1) is 10.8. The molecule has 0 aliphatic carbocycles. The van der Waals surface area contributed by atoms with Crippen LogP contribution in [-0.2, 0) is 20.2 Å². The van der Waals surface area contributed by atoms with Gasteiger partial charge in [0.2, 0.25) is 10.0 Å². The predicted molar refractivity (Wildman–Crippen MR) is 89.6 cm³/mol. The van der Waals surface area contributed by atoms with Crippen molar-refractivity contribution in [2.24, 2.45) is 0 Å². The van der Waals surface area contributed by atoms with Gasteiger partial charge < -0.3 is 4.74 Å². The van der Waals surface area contributed by atoms with Gasteiger partial charge in [-0.3, -0.25) is 9.03 Å². The average molecular weight is 363 g/mol. The Morgan fingerprint density at radius 3 is 2.65 bits per heavy atom. The highest BCUT2D eigenvalue weighted by atomic mass is 32.2. The van der Waals surface area contributed by atoms with Gasteiger partial charge in [-0.15, -0.1) is 0 Å². The van der Waals surface area contributed by atoms with Gasteiger partial charge in [-0.25, -0.2) is 8.42 Å². The van der Waals surface area contributed by atoms with Crippen molar-refractivity contribution in [3.8, 4) is 5.75 Å². The van der Waals surface area contributed by atoms with Gasteiger partial charge in [0.05, 0.1) is 24.2 Å². The van der Waals surface area contributed by atoms with Crippen LogP contribution in [0.1, 0.15) is 19.8 Å². The smallest absolute Gasteiger partial charge is 0.299 e. The Morgan fingerprint density at radius 2 is 2.09 bits per heavy atom. The summed E-state index contributed by atoms with van der Waals surface area (Å²) in [7, 11) is -5.64. The molecule has 0 amide bonds. The lowest BCUT2D eigenvalue weighted by Gasteiger charge is -2.21. The highest BCUT2D eigenvalue weighted by Crippen LogP contribution is 2.35. The molecule has 1 fully saturated rings. The zero-order chi connectivity index (χ0) is 17.1. The minimum atomic E-state index is -3.69. The Morgan fingerprint density at radius 1 is 1.35 bits per heavy atom. The largest absolute Gasteiger partial charge is 0.495 e. The van der Waals surface area contributed by atoms with E-state index in [0.717, 1.165) is 0 Å². The van der Waals surface area contributed by atoms with Crippen molar-refractivity contribution in [1.29, 1.82) is 0 Å². The quantitative estimate of drug-likeness (QED) is 0.749. The standard InChI is InChI=1S/C13H21N3O5S2/c1-3-7-14-23(19,20)15-11-5-6-13(21-2)12(10-11)16-8-4-9-22(16,17)18/h5-6,10,14-15H,3-4,7-9H2,1-2H3. The van der Waals surface area contributed by atoms with Gasteiger partial charge in [-0.1, -0.05) is 6.92 Å². The van der Waals surface area contributed by atoms with E-state index >= 15 is 0 Å². The molecule has 1 aliphatic rings. The van der Waals surface area contributed by atoms with Crippen molar-refractivity contribution < 1.29 is 21.6 Å². The molecule has 23 heavy (non-hydrogen) atoms. The predicted octanol–water partition coefficient (Wildman–Crippen LogP) is 0.891. The highest BCUT2D eigenvalue weighted by molar-refractivity contribution is 7.93. The molecule has 1 aliphatic heterocycles. The van der Waals surface area contributed by atoms with E-state index in [4.69, 9.17) is 4.74 Å². The molecule has 1 saturated heterocycles. The van der Waals surface area contributed by atoms with Crippen molar-refractivity contribution >= 4 is 31.6 Å². The van der Waals surface area contributed by atoms with Crippen LogP contribution >= 0.6 is 0 Å². The Hall–Kier alpha value is -1.52. The molecule has 0 bridgehead atoms. The first-order valence-corrected chi connectivity index (χ1v) is 10.3. The van der Waals surface area contributed by atoms with Gasteiger partial charge in [0.25, 0.3) is 10.2 Å². The highest BCUT2D eigenvalue weighted by Gasteiger charge is 2.30. The summed E-state index contributed by atoms with van der Waals surface area (Å²) in [6.07, 6.45) is 1.19. The third kappa shape index (κ3) is 4.27. The Labute approximate surface area is 137 Å². The van der Waals surface area contributed by atoms with E-state index in [2.05, 4.69) is 9.44 Å². The monoisotopic (exact) mass is 363 g/mol. The van der Waals surface area contributed by atoms with Crippen molar-refractivity contribution in [3.05, 3.63) is 18.2 Å². The second-order valence-electron chi connectivity index (χ2n) is 5.13. The molecule has 1 aromatic carbocycles. The van der Waals surface area contributed by atoms with Crippen LogP contribution in [0.2, 0.25) is 0 Å². The minimum Gasteiger partial charge on any atom is -0.495 e. The molecule has 0 aromatic heterocycles. The van der Waals surface area contributed by atoms with Crippen LogP contribution in [0.4, 0.5) is 11.4 Å². The molecular formula is C13H21N3O5S2. The fourth-order valence-electron chi connectivity index (χ4n) is 2.29. The second-order valence-corrected chi connectivity index (χ2v) is 8.64. The van der Waals surface area contributed by atoms with Crippen LogP contribution in [-0.4, -0.2) is 42.8 Å². The number of sulfonamides is 1. The van der Waals surface area contributed by atoms with Crippen LogP contribution in [0.5, 0.6) is 5.75 Å². The van der Waals surface area contributed by atoms with Gasteiger partial charge in [0.1, 0.15) is 5.75 Å². The van der Waals surface area contributed by atoms with E-state index < -0.39 is 20.2 Å². The van der Waals surface area contributed by atoms with Crippen LogP contribution in [0, 0.1) is 0 Å². The SMILES string of the molecule is CCCNS(=O)(=O)Nc1ccc(OC)c(N2CCCS2(=O)=O)c1. The van der Waals surface area contributed by atoms with Crippen molar-refractivity contribution in [3.63, 3.8) is 0 Å². The molecule has 0 spiro atoms. The molecule has 8 nitrogen and oxygen atoms in total. The average Bonchev–Trinajstić information content (AvgIpc) is 2.84. The normalized spacial score (nSPS) is 17.2. The number of hydrogen-bond donors (Lipinski definition) is 2. The summed E-state index contributed by atoms with van der Waals surface area (Å²) in [5.41, 5.74) is 0.604. The maximum Gasteiger partial charge on any atom is 0.299 e. The molecule has 2 N–H and O–H groups in total. The third-order valence-electron chi connectivity index (χ3n) is 3.34. The van der Waals surface area contributed by atoms with E-state index in [9.17, 15) is 16.8 Å². The number of benzene rings is 1. The van der Waals surface area contributed by atoms with Gasteiger partial charge in [-0.2, -0.15) is 13.1 Å². The summed E-state index contributed by atoms with van der Waals surface area (Å²) in [4.78, 5) is 0. The minimum absolute atomic E-state index is 0.0736. The van der Waals surface area contributed by atoms with Crippen LogP contribution in [0.15, 0.2) is 18.2 Å². The molecule has 0 radical (unpaired) electrons. The summed E-state index contributed by atoms with van der Waals surface area (Å²) in [5, 5.41) is 0. The van der Waals surface area contributed by atoms with Crippen molar-refractivity contribution in [2.75, 3.05) is 35.0 Å². The summed E-state index contributed by atoms with van der Waals surface area (Å²) in [6.45, 7) is 2.52.